The van der Waals surface area contributed by atoms with Crippen molar-refractivity contribution >= 4 is 46.2 Å². The molecule has 0 aliphatic heterocycles. The van der Waals surface area contributed by atoms with E-state index in [1.54, 1.807) is 6.92 Å². The second-order valence-corrected chi connectivity index (χ2v) is 6.06. The Kier molecular flexibility index (Phi) is 4.31. The first-order valence-electron chi connectivity index (χ1n) is 6.74. The van der Waals surface area contributed by atoms with Crippen LogP contribution in [0, 0.1) is 13.8 Å². The van der Waals surface area contributed by atoms with Crippen molar-refractivity contribution < 1.29 is 4.79 Å². The van der Waals surface area contributed by atoms with E-state index < -0.39 is 0 Å². The summed E-state index contributed by atoms with van der Waals surface area (Å²) >= 11 is 7.19. The molecule has 6 nitrogen and oxygen atoms in total. The number of aromatic nitrogens is 3. The molecule has 2 aromatic heterocycles. The fraction of sp³-hybridized carbons (Fsp3) is 0.133. The Hall–Kier alpha value is -2.38. The number of rotatable bonds is 3. The lowest BCUT2D eigenvalue weighted by atomic mass is 10.1. The highest BCUT2D eigenvalue weighted by Crippen LogP contribution is 2.20. The molecule has 0 atom stereocenters. The Morgan fingerprint density at radius 3 is 2.91 bits per heavy atom. The van der Waals surface area contributed by atoms with Gasteiger partial charge in [0.2, 0.25) is 0 Å². The first-order chi connectivity index (χ1) is 11.0. The lowest BCUT2D eigenvalue weighted by Gasteiger charge is -2.03. The van der Waals surface area contributed by atoms with Gasteiger partial charge in [0.25, 0.3) is 5.91 Å². The second kappa shape index (κ2) is 6.39. The molecule has 3 rings (SSSR count). The quantitative estimate of drug-likeness (QED) is 0.449. The number of aryl methyl sites for hydroxylation is 2. The molecule has 1 amide bonds. The number of pyridine rings is 1. The van der Waals surface area contributed by atoms with Gasteiger partial charge in [0.1, 0.15) is 10.0 Å². The summed E-state index contributed by atoms with van der Waals surface area (Å²) in [7, 11) is 0. The van der Waals surface area contributed by atoms with Crippen molar-refractivity contribution in [1.29, 1.82) is 0 Å². The van der Waals surface area contributed by atoms with E-state index in [2.05, 4.69) is 25.1 Å². The van der Waals surface area contributed by atoms with E-state index in [0.717, 1.165) is 28.0 Å². The van der Waals surface area contributed by atoms with Gasteiger partial charge >= 0.3 is 0 Å². The van der Waals surface area contributed by atoms with Gasteiger partial charge in [-0.2, -0.15) is 5.10 Å². The summed E-state index contributed by atoms with van der Waals surface area (Å²) in [5.74, 6) is -0.353. The first kappa shape index (κ1) is 15.5. The number of hydrogen-bond acceptors (Lipinski definition) is 6. The second-order valence-electron chi connectivity index (χ2n) is 4.95. The topological polar surface area (TPSA) is 80.1 Å². The lowest BCUT2D eigenvalue weighted by Crippen LogP contribution is -2.17. The van der Waals surface area contributed by atoms with E-state index in [4.69, 9.17) is 11.6 Å². The highest BCUT2D eigenvalue weighted by molar-refractivity contribution is 7.07. The fourth-order valence-electron chi connectivity index (χ4n) is 2.01. The highest BCUT2D eigenvalue weighted by atomic mass is 35.5. The molecule has 1 aromatic carbocycles. The number of benzene rings is 1. The molecule has 8 heteroatoms. The fourth-order valence-corrected chi connectivity index (χ4v) is 2.75. The summed E-state index contributed by atoms with van der Waals surface area (Å²) in [5, 5.41) is 8.99. The average molecular weight is 346 g/mol. The Morgan fingerprint density at radius 1 is 1.35 bits per heavy atom. The predicted octanol–water partition coefficient (Wildman–Crippen LogP) is 3.12. The Balaban J connectivity index is 1.81. The van der Waals surface area contributed by atoms with Gasteiger partial charge < -0.3 is 0 Å². The summed E-state index contributed by atoms with van der Waals surface area (Å²) < 4.78 is 3.71. The number of hydrogen-bond donors (Lipinski definition) is 1. The van der Waals surface area contributed by atoms with E-state index in [1.807, 2.05) is 31.2 Å². The van der Waals surface area contributed by atoms with E-state index in [0.29, 0.717) is 21.3 Å². The number of halogens is 1. The van der Waals surface area contributed by atoms with Crippen molar-refractivity contribution in [2.45, 2.75) is 13.8 Å². The van der Waals surface area contributed by atoms with Crippen LogP contribution >= 0.6 is 23.1 Å². The minimum absolute atomic E-state index is 0.330. The van der Waals surface area contributed by atoms with Crippen LogP contribution in [0.25, 0.3) is 10.9 Å². The summed E-state index contributed by atoms with van der Waals surface area (Å²) in [6.45, 7) is 3.71. The van der Waals surface area contributed by atoms with Crippen LogP contribution in [0.3, 0.4) is 0 Å². The largest absolute Gasteiger partial charge is 0.285 e. The standard InChI is InChI=1S/C15H12ClN5OS/c1-8-3-4-10-6-11(14(16)18-12(10)5-8)7-17-20-15(22)13-9(2)19-21-23-13/h3-7H,1-2H3,(H,20,22). The van der Waals surface area contributed by atoms with Crippen molar-refractivity contribution in [2.75, 3.05) is 0 Å². The van der Waals surface area contributed by atoms with Gasteiger partial charge in [-0.3, -0.25) is 4.79 Å². The van der Waals surface area contributed by atoms with E-state index in [-0.39, 0.29) is 5.91 Å². The molecule has 0 fully saturated rings. The maximum absolute atomic E-state index is 11.9. The zero-order valence-corrected chi connectivity index (χ0v) is 13.9. The molecule has 0 aliphatic rings. The molecule has 0 unspecified atom stereocenters. The van der Waals surface area contributed by atoms with Crippen LogP contribution in [0.1, 0.15) is 26.5 Å². The van der Waals surface area contributed by atoms with Crippen LogP contribution in [-0.2, 0) is 0 Å². The number of amides is 1. The van der Waals surface area contributed by atoms with Crippen LogP contribution in [0.4, 0.5) is 0 Å². The Labute approximate surface area is 141 Å². The molecule has 0 bridgehead atoms. The SMILES string of the molecule is Cc1ccc2cc(C=NNC(=O)c3snnc3C)c(Cl)nc2c1. The molecule has 116 valence electrons. The normalized spacial score (nSPS) is 11.3. The molecule has 23 heavy (non-hydrogen) atoms. The van der Waals surface area contributed by atoms with Gasteiger partial charge in [0.15, 0.2) is 0 Å². The zero-order valence-electron chi connectivity index (χ0n) is 12.4. The molecule has 0 aliphatic carbocycles. The molecule has 0 radical (unpaired) electrons. The van der Waals surface area contributed by atoms with Gasteiger partial charge in [0, 0.05) is 10.9 Å². The third-order valence-electron chi connectivity index (χ3n) is 3.18. The smallest absolute Gasteiger partial charge is 0.266 e. The maximum atomic E-state index is 11.9. The summed E-state index contributed by atoms with van der Waals surface area (Å²) in [6, 6.07) is 7.80. The molecule has 0 spiro atoms. The summed E-state index contributed by atoms with van der Waals surface area (Å²) in [4.78, 5) is 16.7. The molecule has 0 saturated heterocycles. The lowest BCUT2D eigenvalue weighted by molar-refractivity contribution is 0.0958. The monoisotopic (exact) mass is 345 g/mol. The molecule has 1 N–H and O–H groups in total. The number of fused-ring (bicyclic) bond motifs is 1. The third kappa shape index (κ3) is 3.35. The molecular formula is C15H12ClN5OS. The number of nitrogens with one attached hydrogen (secondary N) is 1. The van der Waals surface area contributed by atoms with Crippen LogP contribution in [0.2, 0.25) is 5.15 Å². The van der Waals surface area contributed by atoms with Crippen molar-refractivity contribution in [3.05, 3.63) is 51.1 Å². The van der Waals surface area contributed by atoms with Gasteiger partial charge in [-0.1, -0.05) is 28.2 Å². The van der Waals surface area contributed by atoms with Gasteiger partial charge in [0.05, 0.1) is 17.4 Å². The summed E-state index contributed by atoms with van der Waals surface area (Å²) in [5.41, 5.74) is 5.57. The Bertz CT molecular complexity index is 921. The number of carbonyl (C=O) groups excluding carboxylic acids is 1. The van der Waals surface area contributed by atoms with E-state index >= 15 is 0 Å². The molecular weight excluding hydrogens is 334 g/mol. The minimum atomic E-state index is -0.353. The van der Waals surface area contributed by atoms with Crippen LogP contribution in [-0.4, -0.2) is 26.7 Å². The van der Waals surface area contributed by atoms with Crippen LogP contribution in [0.15, 0.2) is 29.4 Å². The van der Waals surface area contributed by atoms with Gasteiger partial charge in [-0.25, -0.2) is 10.4 Å². The first-order valence-corrected chi connectivity index (χ1v) is 7.89. The predicted molar refractivity (Wildman–Crippen MR) is 91.2 cm³/mol. The van der Waals surface area contributed by atoms with Crippen LogP contribution < -0.4 is 5.43 Å². The average Bonchev–Trinajstić information content (AvgIpc) is 2.94. The van der Waals surface area contributed by atoms with Gasteiger partial charge in [-0.15, -0.1) is 5.10 Å². The van der Waals surface area contributed by atoms with Crippen molar-refractivity contribution in [3.63, 3.8) is 0 Å². The number of nitrogens with zero attached hydrogens (tertiary/aromatic N) is 4. The zero-order chi connectivity index (χ0) is 16.4. The van der Waals surface area contributed by atoms with Crippen LogP contribution in [0.5, 0.6) is 0 Å². The van der Waals surface area contributed by atoms with Crippen molar-refractivity contribution in [2.24, 2.45) is 5.10 Å². The van der Waals surface area contributed by atoms with Crippen molar-refractivity contribution in [3.8, 4) is 0 Å². The maximum Gasteiger partial charge on any atom is 0.285 e. The van der Waals surface area contributed by atoms with Crippen molar-refractivity contribution in [1.82, 2.24) is 20.0 Å². The molecule has 2 heterocycles. The van der Waals surface area contributed by atoms with Gasteiger partial charge in [-0.05, 0) is 43.1 Å². The third-order valence-corrected chi connectivity index (χ3v) is 4.31. The number of carbonyl (C=O) groups is 1. The molecule has 0 saturated carbocycles. The summed E-state index contributed by atoms with van der Waals surface area (Å²) in [6.07, 6.45) is 1.47. The van der Waals surface area contributed by atoms with E-state index in [1.165, 1.54) is 6.21 Å². The minimum Gasteiger partial charge on any atom is -0.266 e. The highest BCUT2D eigenvalue weighted by Gasteiger charge is 2.12. The Morgan fingerprint density at radius 2 is 2.17 bits per heavy atom. The van der Waals surface area contributed by atoms with E-state index in [9.17, 15) is 4.79 Å². The number of hydrazone groups is 1. The molecule has 3 aromatic rings.